The topological polar surface area (TPSA) is 52.6 Å². The first kappa shape index (κ1) is 12.9. The number of hydrogen-bond donors (Lipinski definition) is 0. The van der Waals surface area contributed by atoms with Gasteiger partial charge in [0.15, 0.2) is 6.10 Å². The SMILES string of the molecule is CCCCCOC(=O)C(CC)O[C]=O. The van der Waals surface area contributed by atoms with E-state index in [0.717, 1.165) is 19.3 Å². The van der Waals surface area contributed by atoms with Gasteiger partial charge in [0, 0.05) is 0 Å². The van der Waals surface area contributed by atoms with Crippen molar-refractivity contribution in [3.63, 3.8) is 0 Å². The molecule has 0 bridgehead atoms. The van der Waals surface area contributed by atoms with Crippen LogP contribution in [0.15, 0.2) is 0 Å². The van der Waals surface area contributed by atoms with Gasteiger partial charge in [-0.2, -0.15) is 0 Å². The fourth-order valence-corrected chi connectivity index (χ4v) is 0.974. The molecular weight excluding hydrogens is 184 g/mol. The summed E-state index contributed by atoms with van der Waals surface area (Å²) < 4.78 is 9.34. The second-order valence-corrected chi connectivity index (χ2v) is 2.97. The number of rotatable bonds is 8. The van der Waals surface area contributed by atoms with Crippen LogP contribution >= 0.6 is 0 Å². The highest BCUT2D eigenvalue weighted by molar-refractivity contribution is 5.75. The van der Waals surface area contributed by atoms with Crippen molar-refractivity contribution in [2.75, 3.05) is 6.61 Å². The standard InChI is InChI=1S/C10H17O4/c1-3-5-6-7-13-10(12)9(4-2)14-8-11/h9H,3-7H2,1-2H3. The van der Waals surface area contributed by atoms with Gasteiger partial charge in [-0.3, -0.25) is 0 Å². The summed E-state index contributed by atoms with van der Waals surface area (Å²) >= 11 is 0. The monoisotopic (exact) mass is 201 g/mol. The molecule has 0 saturated heterocycles. The van der Waals surface area contributed by atoms with Crippen molar-refractivity contribution in [3.8, 4) is 0 Å². The molecule has 4 heteroatoms. The highest BCUT2D eigenvalue weighted by Gasteiger charge is 2.18. The lowest BCUT2D eigenvalue weighted by Crippen LogP contribution is -2.25. The van der Waals surface area contributed by atoms with Gasteiger partial charge in [-0.1, -0.05) is 26.7 Å². The lowest BCUT2D eigenvalue weighted by Gasteiger charge is -2.11. The second kappa shape index (κ2) is 8.53. The quantitative estimate of drug-likeness (QED) is 0.442. The van der Waals surface area contributed by atoms with Gasteiger partial charge in [0.2, 0.25) is 0 Å². The first-order valence-electron chi connectivity index (χ1n) is 4.95. The van der Waals surface area contributed by atoms with Crippen LogP contribution in [0.5, 0.6) is 0 Å². The van der Waals surface area contributed by atoms with Crippen molar-refractivity contribution in [2.45, 2.75) is 45.6 Å². The van der Waals surface area contributed by atoms with E-state index >= 15 is 0 Å². The summed E-state index contributed by atoms with van der Waals surface area (Å²) in [4.78, 5) is 21.1. The van der Waals surface area contributed by atoms with E-state index < -0.39 is 12.1 Å². The minimum atomic E-state index is -0.797. The van der Waals surface area contributed by atoms with Crippen LogP contribution in [0.25, 0.3) is 0 Å². The Morgan fingerprint density at radius 2 is 2.07 bits per heavy atom. The molecule has 0 heterocycles. The normalized spacial score (nSPS) is 11.9. The largest absolute Gasteiger partial charge is 0.463 e. The molecule has 0 aliphatic heterocycles. The Morgan fingerprint density at radius 3 is 2.57 bits per heavy atom. The van der Waals surface area contributed by atoms with Crippen LogP contribution in [0.3, 0.4) is 0 Å². The summed E-state index contributed by atoms with van der Waals surface area (Å²) in [6.07, 6.45) is 2.58. The van der Waals surface area contributed by atoms with E-state index in [0.29, 0.717) is 13.0 Å². The molecule has 0 aliphatic rings. The molecule has 0 aromatic carbocycles. The van der Waals surface area contributed by atoms with Crippen LogP contribution in [0.1, 0.15) is 39.5 Å². The molecule has 0 spiro atoms. The third-order valence-electron chi connectivity index (χ3n) is 1.82. The van der Waals surface area contributed by atoms with Crippen LogP contribution < -0.4 is 0 Å². The average molecular weight is 201 g/mol. The zero-order valence-electron chi connectivity index (χ0n) is 8.75. The predicted octanol–water partition coefficient (Wildman–Crippen LogP) is 1.58. The van der Waals surface area contributed by atoms with Crippen LogP contribution in [-0.2, 0) is 19.1 Å². The van der Waals surface area contributed by atoms with Crippen molar-refractivity contribution in [1.82, 2.24) is 0 Å². The van der Waals surface area contributed by atoms with E-state index in [1.807, 2.05) is 0 Å². The molecule has 4 nitrogen and oxygen atoms in total. The number of carbonyl (C=O) groups excluding carboxylic acids is 2. The van der Waals surface area contributed by atoms with Gasteiger partial charge in [-0.15, -0.1) is 0 Å². The summed E-state index contributed by atoms with van der Waals surface area (Å²) in [5.74, 6) is -0.480. The van der Waals surface area contributed by atoms with Crippen molar-refractivity contribution >= 4 is 12.4 Å². The Bertz CT molecular complexity index is 168. The summed E-state index contributed by atoms with van der Waals surface area (Å²) in [5, 5.41) is 0. The van der Waals surface area contributed by atoms with Gasteiger partial charge in [0.25, 0.3) is 0 Å². The number of esters is 1. The average Bonchev–Trinajstić information content (AvgIpc) is 2.20. The van der Waals surface area contributed by atoms with E-state index in [4.69, 9.17) is 4.74 Å². The van der Waals surface area contributed by atoms with Crippen molar-refractivity contribution in [2.24, 2.45) is 0 Å². The highest BCUT2D eigenvalue weighted by atomic mass is 16.6. The maximum Gasteiger partial charge on any atom is 0.418 e. The number of ether oxygens (including phenoxy) is 2. The van der Waals surface area contributed by atoms with Crippen molar-refractivity contribution in [3.05, 3.63) is 0 Å². The smallest absolute Gasteiger partial charge is 0.418 e. The highest BCUT2D eigenvalue weighted by Crippen LogP contribution is 2.01. The van der Waals surface area contributed by atoms with Crippen LogP contribution in [0.4, 0.5) is 0 Å². The molecule has 0 aromatic heterocycles. The van der Waals surface area contributed by atoms with Gasteiger partial charge in [-0.05, 0) is 12.8 Å². The van der Waals surface area contributed by atoms with Crippen LogP contribution in [-0.4, -0.2) is 25.2 Å². The molecule has 0 aromatic rings. The minimum Gasteiger partial charge on any atom is -0.463 e. The fourth-order valence-electron chi connectivity index (χ4n) is 0.974. The lowest BCUT2D eigenvalue weighted by molar-refractivity contribution is -0.152. The van der Waals surface area contributed by atoms with E-state index in [1.54, 1.807) is 6.92 Å². The summed E-state index contributed by atoms with van der Waals surface area (Å²) in [5.41, 5.74) is 0. The van der Waals surface area contributed by atoms with E-state index in [9.17, 15) is 9.59 Å². The molecule has 0 aliphatic carbocycles. The number of hydrogen-bond acceptors (Lipinski definition) is 4. The number of unbranched alkanes of at least 4 members (excludes halogenated alkanes) is 2. The summed E-state index contributed by atoms with van der Waals surface area (Å²) in [6, 6.07) is 0. The molecule has 1 unspecified atom stereocenters. The van der Waals surface area contributed by atoms with Gasteiger partial charge in [0.1, 0.15) is 0 Å². The van der Waals surface area contributed by atoms with Crippen LogP contribution in [0.2, 0.25) is 0 Å². The summed E-state index contributed by atoms with van der Waals surface area (Å²) in [7, 11) is 0. The zero-order valence-corrected chi connectivity index (χ0v) is 8.75. The van der Waals surface area contributed by atoms with E-state index in [1.165, 1.54) is 6.47 Å². The Balaban J connectivity index is 3.63. The Morgan fingerprint density at radius 1 is 1.36 bits per heavy atom. The fraction of sp³-hybridized carbons (Fsp3) is 0.800. The molecule has 0 rings (SSSR count). The molecule has 14 heavy (non-hydrogen) atoms. The molecule has 0 saturated carbocycles. The van der Waals surface area contributed by atoms with Gasteiger partial charge >= 0.3 is 12.4 Å². The first-order chi connectivity index (χ1) is 6.76. The Kier molecular flexibility index (Phi) is 7.89. The third-order valence-corrected chi connectivity index (χ3v) is 1.82. The molecular formula is C10H17O4. The maximum atomic E-state index is 11.2. The lowest BCUT2D eigenvalue weighted by atomic mass is 10.2. The van der Waals surface area contributed by atoms with Crippen LogP contribution in [0, 0.1) is 0 Å². The Labute approximate surface area is 84.6 Å². The van der Waals surface area contributed by atoms with Gasteiger partial charge in [0.05, 0.1) is 6.61 Å². The van der Waals surface area contributed by atoms with Crippen molar-refractivity contribution < 1.29 is 19.1 Å². The zero-order chi connectivity index (χ0) is 10.8. The molecule has 1 atom stereocenters. The third kappa shape index (κ3) is 5.56. The van der Waals surface area contributed by atoms with E-state index in [-0.39, 0.29) is 0 Å². The molecule has 0 N–H and O–H groups in total. The first-order valence-corrected chi connectivity index (χ1v) is 4.95. The minimum absolute atomic E-state index is 0.394. The maximum absolute atomic E-state index is 11.2. The summed E-state index contributed by atoms with van der Waals surface area (Å²) in [6.45, 7) is 5.46. The molecule has 81 valence electrons. The Hall–Kier alpha value is -1.06. The predicted molar refractivity (Wildman–Crippen MR) is 51.3 cm³/mol. The molecule has 0 fully saturated rings. The van der Waals surface area contributed by atoms with E-state index in [2.05, 4.69) is 11.7 Å². The van der Waals surface area contributed by atoms with Gasteiger partial charge in [-0.25, -0.2) is 9.59 Å². The molecule has 1 radical (unpaired) electrons. The van der Waals surface area contributed by atoms with Crippen molar-refractivity contribution in [1.29, 1.82) is 0 Å². The van der Waals surface area contributed by atoms with Gasteiger partial charge < -0.3 is 9.47 Å². The molecule has 0 amide bonds. The number of carbonyl (C=O) groups is 1. The second-order valence-electron chi connectivity index (χ2n) is 2.97.